The molecule has 0 unspecified atom stereocenters. The van der Waals surface area contributed by atoms with Crippen molar-refractivity contribution in [3.8, 4) is 0 Å². The van der Waals surface area contributed by atoms with Gasteiger partial charge in [-0.1, -0.05) is 6.92 Å². The molecule has 0 bridgehead atoms. The Labute approximate surface area is 95.0 Å². The third-order valence-electron chi connectivity index (χ3n) is 2.24. The topological polar surface area (TPSA) is 101 Å². The third-order valence-corrected chi connectivity index (χ3v) is 3.95. The molecule has 0 aliphatic heterocycles. The fourth-order valence-electron chi connectivity index (χ4n) is 0.782. The molecular formula is C9H17NO5S. The monoisotopic (exact) mass is 251 g/mol. The number of amides is 1. The van der Waals surface area contributed by atoms with E-state index in [4.69, 9.17) is 5.11 Å². The van der Waals surface area contributed by atoms with E-state index in [-0.39, 0.29) is 18.1 Å². The van der Waals surface area contributed by atoms with Crippen LogP contribution in [0.1, 0.15) is 20.8 Å². The summed E-state index contributed by atoms with van der Waals surface area (Å²) in [7, 11) is -3.14. The van der Waals surface area contributed by atoms with Crippen molar-refractivity contribution in [2.75, 3.05) is 18.1 Å². The van der Waals surface area contributed by atoms with Gasteiger partial charge in [-0.15, -0.1) is 0 Å². The first-order valence-corrected chi connectivity index (χ1v) is 6.67. The molecular weight excluding hydrogens is 234 g/mol. The van der Waals surface area contributed by atoms with Crippen LogP contribution in [0.2, 0.25) is 0 Å². The molecule has 2 N–H and O–H groups in total. The van der Waals surface area contributed by atoms with E-state index in [1.54, 1.807) is 0 Å². The van der Waals surface area contributed by atoms with E-state index in [0.29, 0.717) is 0 Å². The predicted molar refractivity (Wildman–Crippen MR) is 58.8 cm³/mol. The normalized spacial score (nSPS) is 12.2. The number of nitrogens with one attached hydrogen (secondary N) is 1. The summed E-state index contributed by atoms with van der Waals surface area (Å²) in [6.45, 7) is 3.97. The smallest absolute Gasteiger partial charge is 0.318 e. The van der Waals surface area contributed by atoms with Gasteiger partial charge in [0.2, 0.25) is 5.91 Å². The number of hydrogen-bond donors (Lipinski definition) is 2. The van der Waals surface area contributed by atoms with Crippen LogP contribution >= 0.6 is 0 Å². The first kappa shape index (κ1) is 14.9. The fourth-order valence-corrected chi connectivity index (χ4v) is 1.48. The maximum atomic E-state index is 11.4. The van der Waals surface area contributed by atoms with Crippen LogP contribution in [-0.4, -0.2) is 43.5 Å². The van der Waals surface area contributed by atoms with E-state index in [1.165, 1.54) is 20.8 Å². The van der Waals surface area contributed by atoms with E-state index in [2.05, 4.69) is 5.32 Å². The number of rotatable bonds is 6. The Morgan fingerprint density at radius 2 is 1.81 bits per heavy atom. The lowest BCUT2D eigenvalue weighted by Gasteiger charge is -2.18. The number of carboxylic acid groups (broad SMARTS) is 1. The van der Waals surface area contributed by atoms with Crippen molar-refractivity contribution in [3.63, 3.8) is 0 Å². The van der Waals surface area contributed by atoms with Crippen LogP contribution in [0.25, 0.3) is 0 Å². The van der Waals surface area contributed by atoms with Crippen LogP contribution in [0.3, 0.4) is 0 Å². The van der Waals surface area contributed by atoms with Gasteiger partial charge in [-0.2, -0.15) is 0 Å². The number of sulfone groups is 1. The standard InChI is InChI=1S/C9H17NO5S/c1-4-16(14,15)6-5-10-7(11)9(2,3)8(12)13/h4-6H2,1-3H3,(H,10,11)(H,12,13). The van der Waals surface area contributed by atoms with Gasteiger partial charge in [-0.05, 0) is 13.8 Å². The highest BCUT2D eigenvalue weighted by Gasteiger charge is 2.35. The lowest BCUT2D eigenvalue weighted by atomic mass is 9.93. The van der Waals surface area contributed by atoms with Crippen LogP contribution in [0.15, 0.2) is 0 Å². The van der Waals surface area contributed by atoms with E-state index in [1.807, 2.05) is 0 Å². The van der Waals surface area contributed by atoms with Gasteiger partial charge in [0, 0.05) is 12.3 Å². The minimum Gasteiger partial charge on any atom is -0.480 e. The number of carboxylic acids is 1. The molecule has 0 aromatic heterocycles. The highest BCUT2D eigenvalue weighted by Crippen LogP contribution is 2.14. The van der Waals surface area contributed by atoms with E-state index in [9.17, 15) is 18.0 Å². The van der Waals surface area contributed by atoms with E-state index in [0.717, 1.165) is 0 Å². The average Bonchev–Trinajstić information content (AvgIpc) is 2.17. The summed E-state index contributed by atoms with van der Waals surface area (Å²) in [6, 6.07) is 0. The Kier molecular flexibility index (Phi) is 4.92. The molecule has 0 radical (unpaired) electrons. The molecule has 0 aliphatic rings. The minimum absolute atomic E-state index is 0.00515. The lowest BCUT2D eigenvalue weighted by Crippen LogP contribution is -2.43. The quantitative estimate of drug-likeness (QED) is 0.628. The van der Waals surface area contributed by atoms with Crippen molar-refractivity contribution in [1.82, 2.24) is 5.32 Å². The van der Waals surface area contributed by atoms with Crippen LogP contribution in [0, 0.1) is 5.41 Å². The van der Waals surface area contributed by atoms with Crippen molar-refractivity contribution in [1.29, 1.82) is 0 Å². The van der Waals surface area contributed by atoms with Gasteiger partial charge in [0.25, 0.3) is 0 Å². The summed E-state index contributed by atoms with van der Waals surface area (Å²) in [5, 5.41) is 11.0. The zero-order valence-electron chi connectivity index (χ0n) is 9.61. The molecule has 6 nitrogen and oxygen atoms in total. The highest BCUT2D eigenvalue weighted by atomic mass is 32.2. The molecule has 16 heavy (non-hydrogen) atoms. The fraction of sp³-hybridized carbons (Fsp3) is 0.778. The summed E-state index contributed by atoms with van der Waals surface area (Å²) in [5.74, 6) is -2.11. The Balaban J connectivity index is 4.25. The molecule has 0 aliphatic carbocycles. The summed E-state index contributed by atoms with van der Waals surface area (Å²) >= 11 is 0. The second-order valence-corrected chi connectivity index (χ2v) is 6.40. The van der Waals surface area contributed by atoms with Crippen molar-refractivity contribution >= 4 is 21.7 Å². The zero-order chi connectivity index (χ0) is 13.0. The summed E-state index contributed by atoms with van der Waals surface area (Å²) in [6.07, 6.45) is 0. The Morgan fingerprint density at radius 1 is 1.31 bits per heavy atom. The molecule has 0 saturated carbocycles. The van der Waals surface area contributed by atoms with Gasteiger partial charge in [0.1, 0.15) is 5.41 Å². The van der Waals surface area contributed by atoms with Gasteiger partial charge in [0.15, 0.2) is 9.84 Å². The van der Waals surface area contributed by atoms with Crippen LogP contribution in [-0.2, 0) is 19.4 Å². The summed E-state index contributed by atoms with van der Waals surface area (Å²) in [4.78, 5) is 22.1. The van der Waals surface area contributed by atoms with Crippen LogP contribution in [0.4, 0.5) is 0 Å². The van der Waals surface area contributed by atoms with Crippen LogP contribution < -0.4 is 5.32 Å². The molecule has 0 heterocycles. The van der Waals surface area contributed by atoms with Crippen molar-refractivity contribution in [2.24, 2.45) is 5.41 Å². The number of aliphatic carboxylic acids is 1. The third kappa shape index (κ3) is 4.18. The second kappa shape index (κ2) is 5.29. The van der Waals surface area contributed by atoms with Gasteiger partial charge < -0.3 is 10.4 Å². The summed E-state index contributed by atoms with van der Waals surface area (Å²) < 4.78 is 22.2. The molecule has 0 fully saturated rings. The van der Waals surface area contributed by atoms with Gasteiger partial charge in [-0.25, -0.2) is 8.42 Å². The molecule has 94 valence electrons. The maximum absolute atomic E-state index is 11.4. The van der Waals surface area contributed by atoms with Crippen molar-refractivity contribution in [2.45, 2.75) is 20.8 Å². The SMILES string of the molecule is CCS(=O)(=O)CCNC(=O)C(C)(C)C(=O)O. The number of carbonyl (C=O) groups excluding carboxylic acids is 1. The predicted octanol–water partition coefficient (Wildman–Crippen LogP) is -0.352. The number of hydrogen-bond acceptors (Lipinski definition) is 4. The molecule has 0 aromatic rings. The van der Waals surface area contributed by atoms with Crippen molar-refractivity contribution < 1.29 is 23.1 Å². The first-order chi connectivity index (χ1) is 7.13. The molecule has 0 atom stereocenters. The van der Waals surface area contributed by atoms with Gasteiger partial charge in [-0.3, -0.25) is 9.59 Å². The van der Waals surface area contributed by atoms with Gasteiger partial charge >= 0.3 is 5.97 Å². The molecule has 1 amide bonds. The lowest BCUT2D eigenvalue weighted by molar-refractivity contribution is -0.153. The number of carbonyl (C=O) groups is 2. The second-order valence-electron chi connectivity index (χ2n) is 3.92. The largest absolute Gasteiger partial charge is 0.480 e. The van der Waals surface area contributed by atoms with E-state index >= 15 is 0 Å². The van der Waals surface area contributed by atoms with E-state index < -0.39 is 27.1 Å². The van der Waals surface area contributed by atoms with Gasteiger partial charge in [0.05, 0.1) is 5.75 Å². The molecule has 7 heteroatoms. The Bertz CT molecular complexity index is 371. The molecule has 0 saturated heterocycles. The molecule has 0 rings (SSSR count). The Morgan fingerprint density at radius 3 is 2.19 bits per heavy atom. The first-order valence-electron chi connectivity index (χ1n) is 4.85. The molecule has 0 aromatic carbocycles. The molecule has 0 spiro atoms. The summed E-state index contributed by atoms with van der Waals surface area (Å²) in [5.41, 5.74) is -1.55. The van der Waals surface area contributed by atoms with Crippen molar-refractivity contribution in [3.05, 3.63) is 0 Å². The highest BCUT2D eigenvalue weighted by molar-refractivity contribution is 7.91. The zero-order valence-corrected chi connectivity index (χ0v) is 10.4. The average molecular weight is 251 g/mol. The Hall–Kier alpha value is -1.11. The van der Waals surface area contributed by atoms with Crippen LogP contribution in [0.5, 0.6) is 0 Å². The maximum Gasteiger partial charge on any atom is 0.318 e. The minimum atomic E-state index is -3.14.